The first-order valence-corrected chi connectivity index (χ1v) is 12.7. The van der Waals surface area contributed by atoms with Crippen molar-refractivity contribution < 1.29 is 23.7 Å². The van der Waals surface area contributed by atoms with Crippen LogP contribution in [-0.4, -0.2) is 40.4 Å². The van der Waals surface area contributed by atoms with Crippen molar-refractivity contribution in [2.24, 2.45) is 5.92 Å². The summed E-state index contributed by atoms with van der Waals surface area (Å²) in [5.74, 6) is 0.531. The van der Waals surface area contributed by atoms with Crippen LogP contribution < -0.4 is 4.74 Å². The van der Waals surface area contributed by atoms with Crippen LogP contribution in [0.15, 0.2) is 66.7 Å². The maximum atomic E-state index is 13.5. The van der Waals surface area contributed by atoms with E-state index in [1.807, 2.05) is 18.2 Å². The summed E-state index contributed by atoms with van der Waals surface area (Å²) in [7, 11) is 0. The molecule has 0 bridgehead atoms. The van der Waals surface area contributed by atoms with Crippen LogP contribution >= 0.6 is 0 Å². The molecule has 36 heavy (non-hydrogen) atoms. The van der Waals surface area contributed by atoms with Gasteiger partial charge in [-0.15, -0.1) is 0 Å². The van der Waals surface area contributed by atoms with Crippen molar-refractivity contribution in [1.29, 1.82) is 0 Å². The highest BCUT2D eigenvalue weighted by molar-refractivity contribution is 5.36. The molecule has 1 heterocycles. The molecule has 0 amide bonds. The van der Waals surface area contributed by atoms with E-state index in [4.69, 9.17) is 4.74 Å². The lowest BCUT2D eigenvalue weighted by atomic mass is 9.96. The smallest absolute Gasteiger partial charge is 0.126 e. The lowest BCUT2D eigenvalue weighted by Gasteiger charge is -2.33. The maximum Gasteiger partial charge on any atom is 0.126 e. The number of fused-ring (bicyclic) bond motifs is 1. The van der Waals surface area contributed by atoms with Gasteiger partial charge in [0.15, 0.2) is 0 Å². The van der Waals surface area contributed by atoms with Crippen molar-refractivity contribution in [1.82, 2.24) is 4.90 Å². The van der Waals surface area contributed by atoms with Crippen LogP contribution in [0.1, 0.15) is 42.9 Å². The van der Waals surface area contributed by atoms with Gasteiger partial charge in [0.2, 0.25) is 0 Å². The SMILES string of the molecule is C[C@H](CCc1cc(F)ccc1O)CCN(Cc1ccccc1)C[C@@H](O)[C@@H]1CCc2cc(F)ccc2O1. The number of rotatable bonds is 11. The molecule has 0 radical (unpaired) electrons. The fourth-order valence-electron chi connectivity index (χ4n) is 4.81. The Labute approximate surface area is 212 Å². The lowest BCUT2D eigenvalue weighted by Crippen LogP contribution is -2.43. The molecule has 0 saturated carbocycles. The molecular weight excluding hydrogens is 460 g/mol. The van der Waals surface area contributed by atoms with Crippen LogP contribution in [0.4, 0.5) is 8.78 Å². The average molecular weight is 496 g/mol. The number of phenols is 1. The Hall–Kier alpha value is -2.96. The van der Waals surface area contributed by atoms with E-state index in [-0.39, 0.29) is 23.5 Å². The fraction of sp³-hybridized carbons (Fsp3) is 0.400. The van der Waals surface area contributed by atoms with Crippen molar-refractivity contribution in [3.05, 3.63) is 95.1 Å². The minimum absolute atomic E-state index is 0.134. The van der Waals surface area contributed by atoms with Crippen LogP contribution in [0.5, 0.6) is 11.5 Å². The third kappa shape index (κ3) is 7.28. The number of aryl methyl sites for hydroxylation is 2. The number of halogens is 2. The molecule has 192 valence electrons. The number of aliphatic hydroxyl groups is 1. The second-order valence-corrected chi connectivity index (χ2v) is 9.94. The molecule has 2 N–H and O–H groups in total. The first-order valence-electron chi connectivity index (χ1n) is 12.7. The first-order chi connectivity index (χ1) is 17.4. The molecule has 4 nitrogen and oxygen atoms in total. The highest BCUT2D eigenvalue weighted by Gasteiger charge is 2.28. The third-order valence-electron chi connectivity index (χ3n) is 7.01. The Kier molecular flexibility index (Phi) is 8.94. The van der Waals surface area contributed by atoms with Crippen LogP contribution in [-0.2, 0) is 19.4 Å². The summed E-state index contributed by atoms with van der Waals surface area (Å²) in [5.41, 5.74) is 2.65. The minimum atomic E-state index is -0.675. The van der Waals surface area contributed by atoms with Crippen molar-refractivity contribution in [2.45, 2.75) is 57.8 Å². The summed E-state index contributed by atoms with van der Waals surface area (Å²) in [4.78, 5) is 2.25. The molecule has 0 aliphatic carbocycles. The first kappa shape index (κ1) is 26.1. The summed E-state index contributed by atoms with van der Waals surface area (Å²) in [6.45, 7) is 4.13. The number of phenolic OH excluding ortho intramolecular Hbond substituents is 1. The number of aromatic hydroxyl groups is 1. The molecular formula is C30H35F2NO3. The Balaban J connectivity index is 1.34. The van der Waals surface area contributed by atoms with E-state index in [9.17, 15) is 19.0 Å². The molecule has 0 aromatic heterocycles. The van der Waals surface area contributed by atoms with E-state index >= 15 is 0 Å². The highest BCUT2D eigenvalue weighted by Crippen LogP contribution is 2.30. The van der Waals surface area contributed by atoms with Gasteiger partial charge in [-0.25, -0.2) is 8.78 Å². The standard InChI is InChI=1S/C30H35F2NO3/c1-21(7-8-23-17-25(31)10-12-27(23)34)15-16-33(19-22-5-3-2-4-6-22)20-28(35)30-13-9-24-18-26(32)11-14-29(24)36-30/h2-6,10-12,14,17-18,21,28,30,34-35H,7-9,13,15-16,19-20H2,1H3/t21-,28-,30+/m1/s1. The zero-order valence-electron chi connectivity index (χ0n) is 20.7. The lowest BCUT2D eigenvalue weighted by molar-refractivity contribution is -0.000608. The van der Waals surface area contributed by atoms with E-state index < -0.39 is 6.10 Å². The Morgan fingerprint density at radius 3 is 2.56 bits per heavy atom. The molecule has 3 atom stereocenters. The average Bonchev–Trinajstić information content (AvgIpc) is 2.88. The molecule has 0 unspecified atom stereocenters. The zero-order valence-corrected chi connectivity index (χ0v) is 20.7. The van der Waals surface area contributed by atoms with Gasteiger partial charge in [-0.3, -0.25) is 4.90 Å². The second-order valence-electron chi connectivity index (χ2n) is 9.94. The van der Waals surface area contributed by atoms with Gasteiger partial charge < -0.3 is 14.9 Å². The minimum Gasteiger partial charge on any atom is -0.508 e. The van der Waals surface area contributed by atoms with Gasteiger partial charge in [0.25, 0.3) is 0 Å². The fourth-order valence-corrected chi connectivity index (χ4v) is 4.81. The molecule has 3 aromatic rings. The van der Waals surface area contributed by atoms with Gasteiger partial charge in [-0.05, 0) is 97.7 Å². The number of hydrogen-bond acceptors (Lipinski definition) is 4. The topological polar surface area (TPSA) is 52.9 Å². The number of benzene rings is 3. The quantitative estimate of drug-likeness (QED) is 0.349. The van der Waals surface area contributed by atoms with Crippen LogP contribution in [0.3, 0.4) is 0 Å². The Morgan fingerprint density at radius 1 is 1.00 bits per heavy atom. The van der Waals surface area contributed by atoms with Crippen LogP contribution in [0, 0.1) is 17.6 Å². The molecule has 0 spiro atoms. The van der Waals surface area contributed by atoms with E-state index in [2.05, 4.69) is 24.0 Å². The predicted octanol–water partition coefficient (Wildman–Crippen LogP) is 5.89. The van der Waals surface area contributed by atoms with E-state index in [1.165, 1.54) is 35.9 Å². The third-order valence-corrected chi connectivity index (χ3v) is 7.01. The number of hydrogen-bond donors (Lipinski definition) is 2. The highest BCUT2D eigenvalue weighted by atomic mass is 19.1. The second kappa shape index (κ2) is 12.3. The number of ether oxygens (including phenoxy) is 1. The summed E-state index contributed by atoms with van der Waals surface area (Å²) in [6, 6.07) is 18.8. The van der Waals surface area contributed by atoms with E-state index in [1.54, 1.807) is 6.07 Å². The number of aliphatic hydroxyl groups excluding tert-OH is 1. The van der Waals surface area contributed by atoms with Crippen molar-refractivity contribution >= 4 is 0 Å². The molecule has 0 fully saturated rings. The van der Waals surface area contributed by atoms with Gasteiger partial charge in [-0.2, -0.15) is 0 Å². The van der Waals surface area contributed by atoms with Crippen molar-refractivity contribution in [2.75, 3.05) is 13.1 Å². The van der Waals surface area contributed by atoms with Crippen molar-refractivity contribution in [3.8, 4) is 11.5 Å². The Morgan fingerprint density at radius 2 is 1.75 bits per heavy atom. The molecule has 4 rings (SSSR count). The molecule has 1 aliphatic heterocycles. The van der Waals surface area contributed by atoms with Gasteiger partial charge >= 0.3 is 0 Å². The Bertz CT molecular complexity index is 1120. The van der Waals surface area contributed by atoms with Gasteiger partial charge in [-0.1, -0.05) is 37.3 Å². The zero-order chi connectivity index (χ0) is 25.5. The maximum absolute atomic E-state index is 13.5. The van der Waals surface area contributed by atoms with Crippen molar-refractivity contribution in [3.63, 3.8) is 0 Å². The normalized spacial score (nSPS) is 16.9. The van der Waals surface area contributed by atoms with E-state index in [0.29, 0.717) is 49.6 Å². The monoisotopic (exact) mass is 495 g/mol. The molecule has 6 heteroatoms. The summed E-state index contributed by atoms with van der Waals surface area (Å²) < 4.78 is 33.1. The van der Waals surface area contributed by atoms with Gasteiger partial charge in [0.1, 0.15) is 35.3 Å². The van der Waals surface area contributed by atoms with Gasteiger partial charge in [0, 0.05) is 13.1 Å². The van der Waals surface area contributed by atoms with Gasteiger partial charge in [0.05, 0.1) is 0 Å². The predicted molar refractivity (Wildman–Crippen MR) is 137 cm³/mol. The molecule has 1 aliphatic rings. The molecule has 0 saturated heterocycles. The molecule has 3 aromatic carbocycles. The summed E-state index contributed by atoms with van der Waals surface area (Å²) in [5, 5.41) is 21.1. The summed E-state index contributed by atoms with van der Waals surface area (Å²) in [6.07, 6.45) is 2.66. The van der Waals surface area contributed by atoms with Crippen LogP contribution in [0.2, 0.25) is 0 Å². The summed E-state index contributed by atoms with van der Waals surface area (Å²) >= 11 is 0. The van der Waals surface area contributed by atoms with E-state index in [0.717, 1.165) is 24.9 Å². The van der Waals surface area contributed by atoms with Crippen LogP contribution in [0.25, 0.3) is 0 Å². The largest absolute Gasteiger partial charge is 0.508 e. The number of nitrogens with zero attached hydrogens (tertiary/aromatic N) is 1.